The average molecular weight is 456 g/mol. The summed E-state index contributed by atoms with van der Waals surface area (Å²) in [5.74, 6) is 1.16. The maximum Gasteiger partial charge on any atom is 0.165 e. The van der Waals surface area contributed by atoms with Gasteiger partial charge in [-0.25, -0.2) is 15.0 Å². The largest absolute Gasteiger partial charge is 0.383 e. The van der Waals surface area contributed by atoms with E-state index in [2.05, 4.69) is 57.3 Å². The molecule has 0 atom stereocenters. The van der Waals surface area contributed by atoms with Gasteiger partial charge in [-0.3, -0.25) is 4.57 Å². The van der Waals surface area contributed by atoms with Gasteiger partial charge >= 0.3 is 0 Å². The molecule has 0 radical (unpaired) electrons. The number of rotatable bonds is 4. The average Bonchev–Trinajstić information content (AvgIpc) is 3.18. The number of imidazole rings is 1. The molecule has 5 rings (SSSR count). The zero-order valence-electron chi connectivity index (χ0n) is 16.0. The van der Waals surface area contributed by atoms with Gasteiger partial charge in [0.2, 0.25) is 0 Å². The van der Waals surface area contributed by atoms with E-state index in [1.165, 1.54) is 5.56 Å². The molecule has 0 aliphatic carbocycles. The summed E-state index contributed by atoms with van der Waals surface area (Å²) >= 11 is 3.51. The minimum absolute atomic E-state index is 0.439. The SMILES string of the molecule is Nc1ncccc1-c1nc2ccc(-c3ccccc3)nc2n1-c1ccc(CBr)cc1. The smallest absolute Gasteiger partial charge is 0.165 e. The molecular formula is C24H18BrN5. The normalized spacial score (nSPS) is 11.1. The molecule has 0 saturated heterocycles. The number of hydrogen-bond donors (Lipinski definition) is 1. The molecular weight excluding hydrogens is 438 g/mol. The molecule has 0 aliphatic rings. The Morgan fingerprint density at radius 1 is 0.833 bits per heavy atom. The summed E-state index contributed by atoms with van der Waals surface area (Å²) in [6.45, 7) is 0. The van der Waals surface area contributed by atoms with E-state index in [0.29, 0.717) is 5.82 Å². The number of nitrogens with two attached hydrogens (primary N) is 1. The van der Waals surface area contributed by atoms with E-state index in [1.807, 2.05) is 47.0 Å². The monoisotopic (exact) mass is 455 g/mol. The first-order chi connectivity index (χ1) is 14.7. The summed E-state index contributed by atoms with van der Waals surface area (Å²) in [6, 6.07) is 26.3. The van der Waals surface area contributed by atoms with Crippen LogP contribution in [-0.4, -0.2) is 19.5 Å². The Kier molecular flexibility index (Phi) is 4.77. The molecule has 5 aromatic rings. The second kappa shape index (κ2) is 7.72. The summed E-state index contributed by atoms with van der Waals surface area (Å²) in [7, 11) is 0. The number of nitrogens with zero attached hydrogens (tertiary/aromatic N) is 4. The Morgan fingerprint density at radius 2 is 1.63 bits per heavy atom. The topological polar surface area (TPSA) is 69.6 Å². The van der Waals surface area contributed by atoms with E-state index < -0.39 is 0 Å². The van der Waals surface area contributed by atoms with Crippen molar-refractivity contribution >= 4 is 32.9 Å². The fourth-order valence-corrected chi connectivity index (χ4v) is 3.87. The van der Waals surface area contributed by atoms with Gasteiger partial charge in [0.25, 0.3) is 0 Å². The Bertz CT molecular complexity index is 1330. The van der Waals surface area contributed by atoms with Crippen molar-refractivity contribution in [3.05, 3.63) is 90.6 Å². The van der Waals surface area contributed by atoms with E-state index in [9.17, 15) is 0 Å². The maximum atomic E-state index is 6.20. The lowest BCUT2D eigenvalue weighted by Crippen LogP contribution is -2.02. The predicted molar refractivity (Wildman–Crippen MR) is 125 cm³/mol. The number of aromatic nitrogens is 4. The predicted octanol–water partition coefficient (Wildman–Crippen LogP) is 5.63. The van der Waals surface area contributed by atoms with Crippen LogP contribution < -0.4 is 5.73 Å². The van der Waals surface area contributed by atoms with Gasteiger partial charge in [0, 0.05) is 22.8 Å². The van der Waals surface area contributed by atoms with Crippen molar-refractivity contribution in [1.29, 1.82) is 0 Å². The Hall–Kier alpha value is -3.51. The number of fused-ring (bicyclic) bond motifs is 1. The van der Waals surface area contributed by atoms with Crippen LogP contribution in [0.4, 0.5) is 5.82 Å². The first kappa shape index (κ1) is 18.5. The quantitative estimate of drug-likeness (QED) is 0.356. The molecule has 3 aromatic heterocycles. The Labute approximate surface area is 182 Å². The van der Waals surface area contributed by atoms with Crippen molar-refractivity contribution in [2.75, 3.05) is 5.73 Å². The van der Waals surface area contributed by atoms with Crippen LogP contribution in [0.1, 0.15) is 5.56 Å². The van der Waals surface area contributed by atoms with Crippen LogP contribution in [0.15, 0.2) is 85.1 Å². The fraction of sp³-hybridized carbons (Fsp3) is 0.0417. The van der Waals surface area contributed by atoms with E-state index in [4.69, 9.17) is 15.7 Å². The molecule has 0 unspecified atom stereocenters. The molecule has 6 heteroatoms. The molecule has 2 N–H and O–H groups in total. The molecule has 2 aromatic carbocycles. The first-order valence-electron chi connectivity index (χ1n) is 9.55. The van der Waals surface area contributed by atoms with Crippen LogP contribution in [0.2, 0.25) is 0 Å². The number of pyridine rings is 2. The molecule has 0 amide bonds. The molecule has 146 valence electrons. The highest BCUT2D eigenvalue weighted by atomic mass is 79.9. The minimum Gasteiger partial charge on any atom is -0.383 e. The first-order valence-corrected chi connectivity index (χ1v) is 10.7. The van der Waals surface area contributed by atoms with Crippen LogP contribution in [0.5, 0.6) is 0 Å². The fourth-order valence-electron chi connectivity index (χ4n) is 3.49. The summed E-state index contributed by atoms with van der Waals surface area (Å²) in [4.78, 5) is 14.1. The third kappa shape index (κ3) is 3.25. The van der Waals surface area contributed by atoms with Gasteiger partial charge in [0.05, 0.1) is 11.3 Å². The number of nitrogen functional groups attached to an aromatic ring is 1. The standard InChI is InChI=1S/C24H18BrN5/c25-15-16-8-10-18(11-9-16)30-23(19-7-4-14-27-22(19)26)29-21-13-12-20(28-24(21)30)17-5-2-1-3-6-17/h1-14H,15H2,(H2,26,27). The zero-order valence-corrected chi connectivity index (χ0v) is 17.6. The van der Waals surface area contributed by atoms with Crippen molar-refractivity contribution in [2.45, 2.75) is 5.33 Å². The highest BCUT2D eigenvalue weighted by Gasteiger charge is 2.18. The number of alkyl halides is 1. The van der Waals surface area contributed by atoms with Crippen LogP contribution in [-0.2, 0) is 5.33 Å². The third-order valence-corrected chi connectivity index (χ3v) is 5.65. The Balaban J connectivity index is 1.79. The molecule has 0 fully saturated rings. The molecule has 5 nitrogen and oxygen atoms in total. The maximum absolute atomic E-state index is 6.20. The molecule has 0 aliphatic heterocycles. The van der Waals surface area contributed by atoms with Crippen LogP contribution in [0.3, 0.4) is 0 Å². The van der Waals surface area contributed by atoms with Crippen LogP contribution in [0, 0.1) is 0 Å². The highest BCUT2D eigenvalue weighted by Crippen LogP contribution is 2.31. The molecule has 3 heterocycles. The van der Waals surface area contributed by atoms with Gasteiger partial charge in [-0.1, -0.05) is 58.4 Å². The number of hydrogen-bond acceptors (Lipinski definition) is 4. The Morgan fingerprint density at radius 3 is 2.37 bits per heavy atom. The summed E-state index contributed by atoms with van der Waals surface area (Å²) < 4.78 is 2.05. The van der Waals surface area contributed by atoms with E-state index in [1.54, 1.807) is 6.20 Å². The number of anilines is 1. The zero-order chi connectivity index (χ0) is 20.5. The number of halogens is 1. The van der Waals surface area contributed by atoms with Gasteiger partial charge in [0.15, 0.2) is 11.5 Å². The lowest BCUT2D eigenvalue weighted by Gasteiger charge is -2.11. The van der Waals surface area contributed by atoms with E-state index in [-0.39, 0.29) is 0 Å². The van der Waals surface area contributed by atoms with Crippen LogP contribution >= 0.6 is 15.9 Å². The van der Waals surface area contributed by atoms with Crippen molar-refractivity contribution in [3.63, 3.8) is 0 Å². The van der Waals surface area contributed by atoms with Crippen molar-refractivity contribution in [3.8, 4) is 28.3 Å². The van der Waals surface area contributed by atoms with E-state index in [0.717, 1.165) is 44.8 Å². The summed E-state index contributed by atoms with van der Waals surface area (Å²) in [6.07, 6.45) is 1.68. The second-order valence-corrected chi connectivity index (χ2v) is 7.47. The van der Waals surface area contributed by atoms with Gasteiger partial charge < -0.3 is 5.73 Å². The van der Waals surface area contributed by atoms with Gasteiger partial charge in [0.1, 0.15) is 11.3 Å². The van der Waals surface area contributed by atoms with E-state index >= 15 is 0 Å². The van der Waals surface area contributed by atoms with Gasteiger partial charge in [-0.15, -0.1) is 0 Å². The highest BCUT2D eigenvalue weighted by molar-refractivity contribution is 9.08. The third-order valence-electron chi connectivity index (χ3n) is 5.00. The summed E-state index contributed by atoms with van der Waals surface area (Å²) in [5.41, 5.74) is 12.7. The van der Waals surface area contributed by atoms with Gasteiger partial charge in [-0.2, -0.15) is 0 Å². The lowest BCUT2D eigenvalue weighted by molar-refractivity contribution is 1.07. The van der Waals surface area contributed by atoms with Crippen molar-refractivity contribution < 1.29 is 0 Å². The summed E-state index contributed by atoms with van der Waals surface area (Å²) in [5, 5.41) is 0.802. The number of benzene rings is 2. The minimum atomic E-state index is 0.439. The molecule has 30 heavy (non-hydrogen) atoms. The molecule has 0 saturated carbocycles. The van der Waals surface area contributed by atoms with Crippen molar-refractivity contribution in [1.82, 2.24) is 19.5 Å². The van der Waals surface area contributed by atoms with Crippen LogP contribution in [0.25, 0.3) is 39.5 Å². The molecule has 0 spiro atoms. The lowest BCUT2D eigenvalue weighted by atomic mass is 10.1. The molecule has 0 bridgehead atoms. The van der Waals surface area contributed by atoms with Gasteiger partial charge in [-0.05, 0) is 42.0 Å². The van der Waals surface area contributed by atoms with Crippen molar-refractivity contribution in [2.24, 2.45) is 0 Å². The second-order valence-electron chi connectivity index (χ2n) is 6.91.